The molecule has 2 aliphatic heterocycles. The number of piperidine rings is 1. The fraction of sp³-hybridized carbons (Fsp3) is 1.00. The number of nitrogens with two attached hydrogens (primary N) is 1. The summed E-state index contributed by atoms with van der Waals surface area (Å²) in [6.45, 7) is 5.34. The molecular formula is C16H30N2O. The molecule has 1 saturated carbocycles. The second-order valence-corrected chi connectivity index (χ2v) is 6.84. The molecule has 0 aromatic heterocycles. The largest absolute Gasteiger partial charge is 0.381 e. The molecule has 3 unspecified atom stereocenters. The van der Waals surface area contributed by atoms with E-state index in [1.54, 1.807) is 0 Å². The summed E-state index contributed by atoms with van der Waals surface area (Å²) in [7, 11) is 0. The van der Waals surface area contributed by atoms with Gasteiger partial charge in [0.2, 0.25) is 0 Å². The van der Waals surface area contributed by atoms with Crippen LogP contribution in [0.5, 0.6) is 0 Å². The van der Waals surface area contributed by atoms with Crippen LogP contribution in [0.15, 0.2) is 0 Å². The Morgan fingerprint density at radius 1 is 1.00 bits per heavy atom. The minimum absolute atomic E-state index is 0.617. The normalized spacial score (nSPS) is 35.8. The van der Waals surface area contributed by atoms with E-state index in [1.165, 1.54) is 58.0 Å². The summed E-state index contributed by atoms with van der Waals surface area (Å²) in [6, 6.07) is 0.617. The highest BCUT2D eigenvalue weighted by molar-refractivity contribution is 4.89. The molecule has 0 spiro atoms. The molecule has 0 amide bonds. The van der Waals surface area contributed by atoms with Gasteiger partial charge in [-0.3, -0.25) is 4.90 Å². The molecule has 3 fully saturated rings. The van der Waals surface area contributed by atoms with Crippen molar-refractivity contribution in [3.8, 4) is 0 Å². The molecule has 0 aromatic carbocycles. The third-order valence-electron chi connectivity index (χ3n) is 5.84. The molecule has 0 aromatic rings. The van der Waals surface area contributed by atoms with E-state index in [1.807, 2.05) is 0 Å². The molecule has 3 heteroatoms. The molecule has 3 aliphatic rings. The zero-order chi connectivity index (χ0) is 13.1. The van der Waals surface area contributed by atoms with Crippen LogP contribution in [-0.4, -0.2) is 43.8 Å². The first-order valence-corrected chi connectivity index (χ1v) is 8.40. The Bertz CT molecular complexity index is 278. The van der Waals surface area contributed by atoms with Gasteiger partial charge in [-0.05, 0) is 50.0 Å². The van der Waals surface area contributed by atoms with E-state index in [0.29, 0.717) is 6.04 Å². The van der Waals surface area contributed by atoms with Crippen LogP contribution in [-0.2, 0) is 4.74 Å². The summed E-state index contributed by atoms with van der Waals surface area (Å²) >= 11 is 0. The third kappa shape index (κ3) is 3.14. The van der Waals surface area contributed by atoms with Crippen LogP contribution in [0.1, 0.15) is 44.9 Å². The Morgan fingerprint density at radius 3 is 2.47 bits per heavy atom. The standard InChI is InChI=1S/C16H30N2O/c17-11-16(14-6-9-19-10-7-14)18-8-5-13-3-1-2-4-15(13)12-18/h13-16H,1-12,17H2. The van der Waals surface area contributed by atoms with Crippen molar-refractivity contribution in [3.63, 3.8) is 0 Å². The van der Waals surface area contributed by atoms with Gasteiger partial charge in [0, 0.05) is 32.3 Å². The number of likely N-dealkylation sites (tertiary alicyclic amines) is 1. The summed E-state index contributed by atoms with van der Waals surface area (Å²) in [4.78, 5) is 2.74. The van der Waals surface area contributed by atoms with E-state index in [4.69, 9.17) is 10.5 Å². The van der Waals surface area contributed by atoms with Crippen molar-refractivity contribution >= 4 is 0 Å². The SMILES string of the molecule is NCC(C1CCOCC1)N1CCC2CCCCC2C1. The highest BCUT2D eigenvalue weighted by Gasteiger charge is 2.36. The first kappa shape index (κ1) is 13.8. The van der Waals surface area contributed by atoms with Crippen LogP contribution in [0.4, 0.5) is 0 Å². The molecule has 3 nitrogen and oxygen atoms in total. The predicted octanol–water partition coefficient (Wildman–Crippen LogP) is 2.25. The molecule has 0 radical (unpaired) electrons. The quantitative estimate of drug-likeness (QED) is 0.851. The van der Waals surface area contributed by atoms with Gasteiger partial charge >= 0.3 is 0 Å². The van der Waals surface area contributed by atoms with E-state index in [0.717, 1.165) is 37.5 Å². The number of hydrogen-bond acceptors (Lipinski definition) is 3. The predicted molar refractivity (Wildman–Crippen MR) is 78.0 cm³/mol. The average molecular weight is 266 g/mol. The molecule has 0 bridgehead atoms. The number of rotatable bonds is 3. The third-order valence-corrected chi connectivity index (χ3v) is 5.84. The number of ether oxygens (including phenoxy) is 1. The Morgan fingerprint density at radius 2 is 1.74 bits per heavy atom. The van der Waals surface area contributed by atoms with E-state index >= 15 is 0 Å². The van der Waals surface area contributed by atoms with Gasteiger partial charge in [0.1, 0.15) is 0 Å². The minimum Gasteiger partial charge on any atom is -0.381 e. The fourth-order valence-corrected chi connectivity index (χ4v) is 4.67. The molecule has 110 valence electrons. The van der Waals surface area contributed by atoms with E-state index < -0.39 is 0 Å². The molecule has 1 aliphatic carbocycles. The van der Waals surface area contributed by atoms with Crippen molar-refractivity contribution in [2.24, 2.45) is 23.5 Å². The topological polar surface area (TPSA) is 38.5 Å². The summed E-state index contributed by atoms with van der Waals surface area (Å²) in [5.41, 5.74) is 6.12. The molecule has 2 N–H and O–H groups in total. The van der Waals surface area contributed by atoms with E-state index in [9.17, 15) is 0 Å². The van der Waals surface area contributed by atoms with Crippen molar-refractivity contribution < 1.29 is 4.74 Å². The fourth-order valence-electron chi connectivity index (χ4n) is 4.67. The smallest absolute Gasteiger partial charge is 0.0469 e. The van der Waals surface area contributed by atoms with Gasteiger partial charge in [-0.2, -0.15) is 0 Å². The lowest BCUT2D eigenvalue weighted by atomic mass is 9.74. The summed E-state index contributed by atoms with van der Waals surface area (Å²) < 4.78 is 5.51. The zero-order valence-corrected chi connectivity index (χ0v) is 12.2. The minimum atomic E-state index is 0.617. The van der Waals surface area contributed by atoms with Crippen LogP contribution in [0.25, 0.3) is 0 Å². The van der Waals surface area contributed by atoms with Gasteiger partial charge in [-0.1, -0.05) is 19.3 Å². The molecule has 3 rings (SSSR count). The van der Waals surface area contributed by atoms with Crippen molar-refractivity contribution in [2.75, 3.05) is 32.8 Å². The molecule has 2 heterocycles. The van der Waals surface area contributed by atoms with Crippen molar-refractivity contribution in [1.82, 2.24) is 4.90 Å². The Kier molecular flexibility index (Phi) is 4.78. The van der Waals surface area contributed by atoms with Crippen LogP contribution >= 0.6 is 0 Å². The van der Waals surface area contributed by atoms with E-state index in [2.05, 4.69) is 4.90 Å². The van der Waals surface area contributed by atoms with Gasteiger partial charge in [0.05, 0.1) is 0 Å². The van der Waals surface area contributed by atoms with Crippen LogP contribution < -0.4 is 5.73 Å². The number of nitrogens with zero attached hydrogens (tertiary/aromatic N) is 1. The summed E-state index contributed by atoms with van der Waals surface area (Å²) in [5.74, 6) is 2.77. The van der Waals surface area contributed by atoms with E-state index in [-0.39, 0.29) is 0 Å². The van der Waals surface area contributed by atoms with Crippen LogP contribution in [0, 0.1) is 17.8 Å². The van der Waals surface area contributed by atoms with Gasteiger partial charge in [-0.15, -0.1) is 0 Å². The van der Waals surface area contributed by atoms with Crippen LogP contribution in [0.3, 0.4) is 0 Å². The van der Waals surface area contributed by atoms with Gasteiger partial charge in [-0.25, -0.2) is 0 Å². The lowest BCUT2D eigenvalue weighted by molar-refractivity contribution is -0.00164. The Balaban J connectivity index is 1.60. The maximum Gasteiger partial charge on any atom is 0.0469 e. The lowest BCUT2D eigenvalue weighted by Gasteiger charge is -2.46. The Hall–Kier alpha value is -0.120. The zero-order valence-electron chi connectivity index (χ0n) is 12.2. The number of fused-ring (bicyclic) bond motifs is 1. The summed E-state index contributed by atoms with van der Waals surface area (Å²) in [6.07, 6.45) is 9.74. The number of hydrogen-bond donors (Lipinski definition) is 1. The first-order chi connectivity index (χ1) is 9.38. The lowest BCUT2D eigenvalue weighted by Crippen LogP contribution is -2.53. The van der Waals surface area contributed by atoms with Crippen molar-refractivity contribution in [1.29, 1.82) is 0 Å². The Labute approximate surface area is 117 Å². The first-order valence-electron chi connectivity index (χ1n) is 8.40. The molecular weight excluding hydrogens is 236 g/mol. The highest BCUT2D eigenvalue weighted by atomic mass is 16.5. The summed E-state index contributed by atoms with van der Waals surface area (Å²) in [5, 5.41) is 0. The van der Waals surface area contributed by atoms with Crippen molar-refractivity contribution in [2.45, 2.75) is 51.0 Å². The van der Waals surface area contributed by atoms with Gasteiger partial charge < -0.3 is 10.5 Å². The molecule has 3 atom stereocenters. The molecule has 19 heavy (non-hydrogen) atoms. The average Bonchev–Trinajstić information content (AvgIpc) is 2.49. The maximum atomic E-state index is 6.12. The maximum absolute atomic E-state index is 6.12. The van der Waals surface area contributed by atoms with Gasteiger partial charge in [0.15, 0.2) is 0 Å². The highest BCUT2D eigenvalue weighted by Crippen LogP contribution is 2.37. The second kappa shape index (κ2) is 6.55. The molecule has 2 saturated heterocycles. The monoisotopic (exact) mass is 266 g/mol. The van der Waals surface area contributed by atoms with Gasteiger partial charge in [0.25, 0.3) is 0 Å². The van der Waals surface area contributed by atoms with Crippen LogP contribution in [0.2, 0.25) is 0 Å². The van der Waals surface area contributed by atoms with Crippen molar-refractivity contribution in [3.05, 3.63) is 0 Å². The second-order valence-electron chi connectivity index (χ2n) is 6.84.